The van der Waals surface area contributed by atoms with Gasteiger partial charge < -0.3 is 9.64 Å². The number of aromatic nitrogens is 4. The van der Waals surface area contributed by atoms with Crippen LogP contribution in [0.4, 0.5) is 4.79 Å². The maximum atomic E-state index is 12.1. The van der Waals surface area contributed by atoms with Gasteiger partial charge >= 0.3 is 11.8 Å². The van der Waals surface area contributed by atoms with Crippen LogP contribution in [0, 0.1) is 0 Å². The first kappa shape index (κ1) is 17.0. The number of carbonyl (C=O) groups excluding carboxylic acids is 1. The number of hydrogen-bond donors (Lipinski definition) is 0. The highest BCUT2D eigenvalue weighted by Crippen LogP contribution is 2.10. The Morgan fingerprint density at radius 1 is 1.30 bits per heavy atom. The molecule has 2 aromatic rings. The molecule has 23 heavy (non-hydrogen) atoms. The standard InChI is InChI=1S/C13H16ClN5O4/c1-17(8-3-9-22-2)13(21)23-19-12(20)18(15-16-19)11-6-4-10(14)5-7-11/h4-7H,3,8-9H2,1-2H3. The molecule has 0 unspecified atom stereocenters. The summed E-state index contributed by atoms with van der Waals surface area (Å²) in [6, 6.07) is 6.42. The summed E-state index contributed by atoms with van der Waals surface area (Å²) in [5, 5.41) is 7.71. The second-order valence-electron chi connectivity index (χ2n) is 4.65. The van der Waals surface area contributed by atoms with Crippen molar-refractivity contribution in [3.63, 3.8) is 0 Å². The van der Waals surface area contributed by atoms with Crippen LogP contribution in [0.15, 0.2) is 29.1 Å². The number of nitrogens with zero attached hydrogens (tertiary/aromatic N) is 5. The van der Waals surface area contributed by atoms with Crippen LogP contribution in [-0.2, 0) is 4.74 Å². The van der Waals surface area contributed by atoms with E-state index in [0.29, 0.717) is 35.1 Å². The van der Waals surface area contributed by atoms with Crippen LogP contribution in [0.2, 0.25) is 5.02 Å². The molecule has 0 atom stereocenters. The highest BCUT2D eigenvalue weighted by molar-refractivity contribution is 6.30. The maximum absolute atomic E-state index is 12.1. The first-order valence-corrected chi connectivity index (χ1v) is 7.14. The predicted molar refractivity (Wildman–Crippen MR) is 81.7 cm³/mol. The molecule has 0 aliphatic heterocycles. The monoisotopic (exact) mass is 341 g/mol. The van der Waals surface area contributed by atoms with Crippen LogP contribution in [0.1, 0.15) is 6.42 Å². The minimum absolute atomic E-state index is 0.423. The number of amides is 1. The lowest BCUT2D eigenvalue weighted by atomic mass is 10.3. The van der Waals surface area contributed by atoms with Crippen molar-refractivity contribution in [1.29, 1.82) is 0 Å². The third-order valence-corrected chi connectivity index (χ3v) is 3.20. The minimum Gasteiger partial charge on any atom is -0.385 e. The largest absolute Gasteiger partial charge is 0.435 e. The zero-order valence-electron chi connectivity index (χ0n) is 12.7. The van der Waals surface area contributed by atoms with Gasteiger partial charge in [0, 0.05) is 32.3 Å². The summed E-state index contributed by atoms with van der Waals surface area (Å²) in [6.45, 7) is 0.942. The van der Waals surface area contributed by atoms with Gasteiger partial charge in [0.1, 0.15) is 0 Å². The van der Waals surface area contributed by atoms with Gasteiger partial charge in [-0.05, 0) is 46.0 Å². The molecule has 0 fully saturated rings. The average molecular weight is 342 g/mol. The van der Waals surface area contributed by atoms with Gasteiger partial charge in [-0.1, -0.05) is 11.6 Å². The third-order valence-electron chi connectivity index (χ3n) is 2.94. The summed E-state index contributed by atoms with van der Waals surface area (Å²) in [5.41, 5.74) is -0.249. The lowest BCUT2D eigenvalue weighted by Gasteiger charge is -2.14. The van der Waals surface area contributed by atoms with Crippen LogP contribution in [0.5, 0.6) is 0 Å². The molecule has 9 nitrogen and oxygen atoms in total. The Morgan fingerprint density at radius 2 is 2.00 bits per heavy atom. The number of carbonyl (C=O) groups is 1. The summed E-state index contributed by atoms with van der Waals surface area (Å²) in [4.78, 5) is 30.7. The SMILES string of the molecule is COCCCN(C)C(=O)On1nnn(-c2ccc(Cl)cc2)c1=O. The van der Waals surface area contributed by atoms with Gasteiger partial charge in [0.05, 0.1) is 5.69 Å². The Hall–Kier alpha value is -2.39. The quantitative estimate of drug-likeness (QED) is 0.564. The van der Waals surface area contributed by atoms with E-state index in [2.05, 4.69) is 10.4 Å². The van der Waals surface area contributed by atoms with Crippen LogP contribution < -0.4 is 10.5 Å². The van der Waals surface area contributed by atoms with Crippen LogP contribution in [0.3, 0.4) is 0 Å². The summed E-state index contributed by atoms with van der Waals surface area (Å²) in [6.07, 6.45) is -0.0690. The average Bonchev–Trinajstić information content (AvgIpc) is 2.89. The summed E-state index contributed by atoms with van der Waals surface area (Å²) < 4.78 is 5.90. The van der Waals surface area contributed by atoms with Crippen molar-refractivity contribution in [2.45, 2.75) is 6.42 Å². The van der Waals surface area contributed by atoms with Gasteiger partial charge in [-0.15, -0.1) is 0 Å². The van der Waals surface area contributed by atoms with Crippen molar-refractivity contribution in [1.82, 2.24) is 24.9 Å². The van der Waals surface area contributed by atoms with E-state index >= 15 is 0 Å². The Bertz CT molecular complexity index is 712. The second kappa shape index (κ2) is 7.75. The zero-order chi connectivity index (χ0) is 16.8. The van der Waals surface area contributed by atoms with Crippen molar-refractivity contribution >= 4 is 17.7 Å². The van der Waals surface area contributed by atoms with E-state index in [9.17, 15) is 9.59 Å². The molecule has 1 amide bonds. The molecule has 0 aliphatic carbocycles. The number of ether oxygens (including phenoxy) is 1. The van der Waals surface area contributed by atoms with Gasteiger partial charge in [0.15, 0.2) is 0 Å². The molecule has 0 spiro atoms. The molecule has 0 saturated heterocycles. The van der Waals surface area contributed by atoms with E-state index in [-0.39, 0.29) is 0 Å². The van der Waals surface area contributed by atoms with E-state index in [0.717, 1.165) is 4.68 Å². The summed E-state index contributed by atoms with van der Waals surface area (Å²) in [7, 11) is 3.12. The topological polar surface area (TPSA) is 91.5 Å². The highest BCUT2D eigenvalue weighted by Gasteiger charge is 2.16. The lowest BCUT2D eigenvalue weighted by Crippen LogP contribution is -2.40. The fourth-order valence-corrected chi connectivity index (χ4v) is 1.84. The Balaban J connectivity index is 2.06. The molecule has 0 bridgehead atoms. The number of rotatable bonds is 6. The first-order chi connectivity index (χ1) is 11.0. The zero-order valence-corrected chi connectivity index (χ0v) is 13.4. The molecule has 2 rings (SSSR count). The molecular formula is C13H16ClN5O4. The van der Waals surface area contributed by atoms with Gasteiger partial charge in [0.2, 0.25) is 0 Å². The van der Waals surface area contributed by atoms with E-state index in [4.69, 9.17) is 21.2 Å². The number of hydrogen-bond acceptors (Lipinski definition) is 6. The lowest BCUT2D eigenvalue weighted by molar-refractivity contribution is 0.0764. The van der Waals surface area contributed by atoms with Gasteiger partial charge in [0.25, 0.3) is 0 Å². The van der Waals surface area contributed by atoms with Crippen molar-refractivity contribution in [2.75, 3.05) is 27.3 Å². The van der Waals surface area contributed by atoms with Crippen molar-refractivity contribution < 1.29 is 14.4 Å². The molecule has 1 aromatic heterocycles. The van der Waals surface area contributed by atoms with Gasteiger partial charge in [-0.25, -0.2) is 9.59 Å². The molecule has 0 radical (unpaired) electrons. The fraction of sp³-hybridized carbons (Fsp3) is 0.385. The Labute approximate surface area is 136 Å². The predicted octanol–water partition coefficient (Wildman–Crippen LogP) is 0.599. The van der Waals surface area contributed by atoms with Crippen molar-refractivity contribution in [3.8, 4) is 5.69 Å². The Kier molecular flexibility index (Phi) is 5.72. The van der Waals surface area contributed by atoms with E-state index in [1.165, 1.54) is 4.90 Å². The van der Waals surface area contributed by atoms with E-state index < -0.39 is 11.8 Å². The van der Waals surface area contributed by atoms with E-state index in [1.54, 1.807) is 38.4 Å². The molecule has 124 valence electrons. The molecular weight excluding hydrogens is 326 g/mol. The number of tetrazole rings is 1. The van der Waals surface area contributed by atoms with Crippen molar-refractivity contribution in [2.24, 2.45) is 0 Å². The van der Waals surface area contributed by atoms with Gasteiger partial charge in [-0.3, -0.25) is 4.84 Å². The Morgan fingerprint density at radius 3 is 2.65 bits per heavy atom. The fourth-order valence-electron chi connectivity index (χ4n) is 1.72. The minimum atomic E-state index is -0.716. The maximum Gasteiger partial charge on any atom is 0.435 e. The summed E-state index contributed by atoms with van der Waals surface area (Å²) in [5.74, 6) is 0. The molecule has 0 aliphatic rings. The molecule has 1 aromatic carbocycles. The second-order valence-corrected chi connectivity index (χ2v) is 5.08. The molecule has 1 heterocycles. The van der Waals surface area contributed by atoms with Crippen LogP contribution in [-0.4, -0.2) is 58.3 Å². The van der Waals surface area contributed by atoms with E-state index in [1.807, 2.05) is 0 Å². The van der Waals surface area contributed by atoms with Crippen molar-refractivity contribution in [3.05, 3.63) is 39.8 Å². The van der Waals surface area contributed by atoms with Crippen LogP contribution >= 0.6 is 11.6 Å². The van der Waals surface area contributed by atoms with Crippen LogP contribution in [0.25, 0.3) is 5.69 Å². The number of halogens is 1. The highest BCUT2D eigenvalue weighted by atomic mass is 35.5. The summed E-state index contributed by atoms with van der Waals surface area (Å²) >= 11 is 5.79. The third kappa shape index (κ3) is 4.30. The number of methoxy groups -OCH3 is 1. The smallest absolute Gasteiger partial charge is 0.385 e. The first-order valence-electron chi connectivity index (χ1n) is 6.76. The van der Waals surface area contributed by atoms with Gasteiger partial charge in [-0.2, -0.15) is 4.68 Å². The normalized spacial score (nSPS) is 10.6. The number of benzene rings is 1. The molecule has 10 heteroatoms. The molecule has 0 N–H and O–H groups in total. The molecule has 0 saturated carbocycles.